The normalized spacial score (nSPS) is 13.4. The first kappa shape index (κ1) is 21.2. The van der Waals surface area contributed by atoms with Gasteiger partial charge in [-0.25, -0.2) is 13.1 Å². The molecule has 0 saturated heterocycles. The Hall–Kier alpha value is -2.53. The molecule has 2 heterocycles. The zero-order valence-electron chi connectivity index (χ0n) is 15.9. The van der Waals surface area contributed by atoms with Crippen molar-refractivity contribution in [3.05, 3.63) is 59.7 Å². The molecule has 0 spiro atoms. The Labute approximate surface area is 173 Å². The van der Waals surface area contributed by atoms with E-state index in [1.165, 1.54) is 18.5 Å². The molecule has 29 heavy (non-hydrogen) atoms. The number of sulfonamides is 1. The van der Waals surface area contributed by atoms with E-state index in [4.69, 9.17) is 0 Å². The van der Waals surface area contributed by atoms with Gasteiger partial charge in [0.15, 0.2) is 5.96 Å². The Kier molecular flexibility index (Phi) is 7.15. The quantitative estimate of drug-likeness (QED) is 0.243. The Balaban J connectivity index is 1.44. The third kappa shape index (κ3) is 5.73. The van der Waals surface area contributed by atoms with Crippen LogP contribution in [0.3, 0.4) is 0 Å². The van der Waals surface area contributed by atoms with E-state index in [0.29, 0.717) is 12.5 Å². The summed E-state index contributed by atoms with van der Waals surface area (Å²) in [7, 11) is -1.98. The highest BCUT2D eigenvalue weighted by Crippen LogP contribution is 2.29. The van der Waals surface area contributed by atoms with Crippen molar-refractivity contribution in [2.75, 3.05) is 26.7 Å². The Bertz CT molecular complexity index is 1030. The van der Waals surface area contributed by atoms with Crippen LogP contribution in [0, 0.1) is 0 Å². The first-order valence-electron chi connectivity index (χ1n) is 9.00. The fourth-order valence-corrected chi connectivity index (χ4v) is 4.68. The summed E-state index contributed by atoms with van der Waals surface area (Å²) in [5.74, 6) is 0.478. The van der Waals surface area contributed by atoms with E-state index < -0.39 is 16.1 Å². The summed E-state index contributed by atoms with van der Waals surface area (Å²) < 4.78 is 27.9. The zero-order valence-corrected chi connectivity index (χ0v) is 17.5. The van der Waals surface area contributed by atoms with Crippen molar-refractivity contribution in [2.24, 2.45) is 4.99 Å². The molecule has 0 bridgehead atoms. The highest BCUT2D eigenvalue weighted by Gasteiger charge is 2.14. The van der Waals surface area contributed by atoms with Gasteiger partial charge < -0.3 is 15.7 Å². The number of guanidine groups is 1. The number of nitrogens with zero attached hydrogens (tertiary/aromatic N) is 2. The summed E-state index contributed by atoms with van der Waals surface area (Å²) in [5, 5.41) is 17.6. The van der Waals surface area contributed by atoms with Gasteiger partial charge in [0.1, 0.15) is 11.0 Å². The smallest absolute Gasteiger partial charge is 0.242 e. The van der Waals surface area contributed by atoms with Gasteiger partial charge in [-0.1, -0.05) is 18.2 Å². The van der Waals surface area contributed by atoms with Gasteiger partial charge in [-0.05, 0) is 29.7 Å². The average Bonchev–Trinajstić information content (AvgIpc) is 3.18. The molecule has 0 aliphatic heterocycles. The standard InChI is InChI=1S/C19H23N5O3S2/c1-20-19(22-9-10-24-29(26,27)15-6-4-8-21-12-15)23-13-16(25)18-11-14-5-2-3-7-17(14)28-18/h2-8,11-12,16,24-25H,9-10,13H2,1H3,(H2,20,22,23). The molecule has 1 aromatic carbocycles. The first-order valence-corrected chi connectivity index (χ1v) is 11.3. The highest BCUT2D eigenvalue weighted by molar-refractivity contribution is 7.89. The van der Waals surface area contributed by atoms with Crippen molar-refractivity contribution >= 4 is 37.4 Å². The summed E-state index contributed by atoms with van der Waals surface area (Å²) in [6.07, 6.45) is 2.14. The van der Waals surface area contributed by atoms with Crippen molar-refractivity contribution in [3.63, 3.8) is 0 Å². The largest absolute Gasteiger partial charge is 0.386 e. The minimum Gasteiger partial charge on any atom is -0.386 e. The maximum atomic E-state index is 12.1. The molecule has 0 fully saturated rings. The van der Waals surface area contributed by atoms with Gasteiger partial charge in [0.05, 0.1) is 0 Å². The van der Waals surface area contributed by atoms with Gasteiger partial charge in [-0.3, -0.25) is 9.98 Å². The topological polar surface area (TPSA) is 116 Å². The second-order valence-corrected chi connectivity index (χ2v) is 9.05. The van der Waals surface area contributed by atoms with E-state index in [2.05, 4.69) is 25.3 Å². The molecule has 10 heteroatoms. The highest BCUT2D eigenvalue weighted by atomic mass is 32.2. The minimum atomic E-state index is -3.59. The number of aromatic nitrogens is 1. The minimum absolute atomic E-state index is 0.119. The van der Waals surface area contributed by atoms with E-state index in [-0.39, 0.29) is 18.0 Å². The van der Waals surface area contributed by atoms with Gasteiger partial charge in [0, 0.05) is 48.7 Å². The number of rotatable bonds is 8. The lowest BCUT2D eigenvalue weighted by atomic mass is 10.2. The first-order chi connectivity index (χ1) is 14.0. The molecule has 1 atom stereocenters. The van der Waals surface area contributed by atoms with Crippen LogP contribution in [0.5, 0.6) is 0 Å². The summed E-state index contributed by atoms with van der Waals surface area (Å²) >= 11 is 1.55. The van der Waals surface area contributed by atoms with Crippen LogP contribution in [-0.2, 0) is 10.0 Å². The summed E-state index contributed by atoms with van der Waals surface area (Å²) in [6, 6.07) is 13.0. The lowest BCUT2D eigenvalue weighted by molar-refractivity contribution is 0.184. The van der Waals surface area contributed by atoms with Gasteiger partial charge in [0.2, 0.25) is 10.0 Å². The predicted molar refractivity (Wildman–Crippen MR) is 116 cm³/mol. The van der Waals surface area contributed by atoms with Gasteiger partial charge >= 0.3 is 0 Å². The number of nitrogens with one attached hydrogen (secondary N) is 3. The molecular weight excluding hydrogens is 410 g/mol. The van der Waals surface area contributed by atoms with Crippen molar-refractivity contribution < 1.29 is 13.5 Å². The Morgan fingerprint density at radius 3 is 2.76 bits per heavy atom. The van der Waals surface area contributed by atoms with Crippen LogP contribution in [0.15, 0.2) is 64.7 Å². The molecule has 154 valence electrons. The van der Waals surface area contributed by atoms with Crippen LogP contribution in [0.25, 0.3) is 10.1 Å². The van der Waals surface area contributed by atoms with Gasteiger partial charge in [-0.2, -0.15) is 0 Å². The zero-order chi connectivity index (χ0) is 20.7. The van der Waals surface area contributed by atoms with E-state index in [0.717, 1.165) is 15.0 Å². The third-order valence-corrected chi connectivity index (χ3v) is 6.78. The molecule has 0 aliphatic rings. The number of hydrogen-bond acceptors (Lipinski definition) is 6. The maximum Gasteiger partial charge on any atom is 0.242 e. The molecule has 1 unspecified atom stereocenters. The number of benzene rings is 1. The van der Waals surface area contributed by atoms with E-state index in [1.54, 1.807) is 24.5 Å². The van der Waals surface area contributed by atoms with Crippen molar-refractivity contribution in [1.29, 1.82) is 0 Å². The fraction of sp³-hybridized carbons (Fsp3) is 0.263. The number of pyridine rings is 1. The van der Waals surface area contributed by atoms with Crippen molar-refractivity contribution in [2.45, 2.75) is 11.0 Å². The molecular formula is C19H23N5O3S2. The average molecular weight is 434 g/mol. The van der Waals surface area contributed by atoms with Crippen LogP contribution in [0.1, 0.15) is 11.0 Å². The molecule has 0 saturated carbocycles. The number of thiophene rings is 1. The lowest BCUT2D eigenvalue weighted by Crippen LogP contribution is -2.42. The lowest BCUT2D eigenvalue weighted by Gasteiger charge is -2.15. The van der Waals surface area contributed by atoms with Crippen molar-refractivity contribution in [1.82, 2.24) is 20.3 Å². The Morgan fingerprint density at radius 2 is 2.03 bits per heavy atom. The summed E-state index contributed by atoms with van der Waals surface area (Å²) in [5.41, 5.74) is 0. The van der Waals surface area contributed by atoms with Gasteiger partial charge in [-0.15, -0.1) is 11.3 Å². The van der Waals surface area contributed by atoms with Crippen LogP contribution in [0.2, 0.25) is 0 Å². The maximum absolute atomic E-state index is 12.1. The number of aliphatic imine (C=N–C) groups is 1. The fourth-order valence-electron chi connectivity index (χ4n) is 2.64. The molecule has 0 aliphatic carbocycles. The second kappa shape index (κ2) is 9.79. The number of aliphatic hydroxyl groups excluding tert-OH is 1. The molecule has 3 rings (SSSR count). The van der Waals surface area contributed by atoms with Crippen LogP contribution >= 0.6 is 11.3 Å². The molecule has 3 aromatic rings. The molecule has 4 N–H and O–H groups in total. The van der Waals surface area contributed by atoms with Gasteiger partial charge in [0.25, 0.3) is 0 Å². The van der Waals surface area contributed by atoms with Crippen molar-refractivity contribution in [3.8, 4) is 0 Å². The van der Waals surface area contributed by atoms with E-state index >= 15 is 0 Å². The molecule has 2 aromatic heterocycles. The second-order valence-electron chi connectivity index (χ2n) is 6.17. The van der Waals surface area contributed by atoms with Crippen LogP contribution in [0.4, 0.5) is 0 Å². The summed E-state index contributed by atoms with van der Waals surface area (Å²) in [4.78, 5) is 8.89. The molecule has 8 nitrogen and oxygen atoms in total. The monoisotopic (exact) mass is 433 g/mol. The van der Waals surface area contributed by atoms with Crippen LogP contribution < -0.4 is 15.4 Å². The SMILES string of the molecule is CN=C(NCCNS(=O)(=O)c1cccnc1)NCC(O)c1cc2ccccc2s1. The number of fused-ring (bicyclic) bond motifs is 1. The van der Waals surface area contributed by atoms with E-state index in [1.807, 2.05) is 30.3 Å². The van der Waals surface area contributed by atoms with Crippen LogP contribution in [-0.4, -0.2) is 51.1 Å². The molecule has 0 amide bonds. The predicted octanol–water partition coefficient (Wildman–Crippen LogP) is 1.47. The number of aliphatic hydroxyl groups is 1. The third-order valence-electron chi connectivity index (χ3n) is 4.11. The molecule has 0 radical (unpaired) electrons. The van der Waals surface area contributed by atoms with E-state index in [9.17, 15) is 13.5 Å². The number of hydrogen-bond donors (Lipinski definition) is 4. The summed E-state index contributed by atoms with van der Waals surface area (Å²) in [6.45, 7) is 0.794. The Morgan fingerprint density at radius 1 is 1.21 bits per heavy atom.